The Balaban J connectivity index is 2.11. The lowest BCUT2D eigenvalue weighted by Gasteiger charge is -2.21. The van der Waals surface area contributed by atoms with E-state index in [9.17, 15) is 9.18 Å². The molecule has 1 N–H and O–H groups in total. The zero-order chi connectivity index (χ0) is 16.1. The standard InChI is InChI=1S/C17H20FNO3/c1-3-11(4-2)12-5-7-14(8-6-12)22-16-15(18)9-13(10-19-16)17(20)21/h5,7,9-11H,3-4,6,8H2,1-2H3,(H,20,21). The molecule has 0 unspecified atom stereocenters. The summed E-state index contributed by atoms with van der Waals surface area (Å²) >= 11 is 0. The molecule has 0 aromatic carbocycles. The molecule has 0 saturated carbocycles. The van der Waals surface area contributed by atoms with E-state index >= 15 is 0 Å². The van der Waals surface area contributed by atoms with Crippen LogP contribution in [0.25, 0.3) is 0 Å². The number of aromatic nitrogens is 1. The molecule has 1 aromatic heterocycles. The molecular weight excluding hydrogens is 285 g/mol. The van der Waals surface area contributed by atoms with Crippen molar-refractivity contribution >= 4 is 5.97 Å². The van der Waals surface area contributed by atoms with Crippen LogP contribution in [-0.2, 0) is 0 Å². The van der Waals surface area contributed by atoms with Crippen LogP contribution < -0.4 is 4.74 Å². The van der Waals surface area contributed by atoms with Gasteiger partial charge in [-0.3, -0.25) is 0 Å². The van der Waals surface area contributed by atoms with Crippen molar-refractivity contribution in [3.63, 3.8) is 0 Å². The Hall–Kier alpha value is -2.17. The number of pyridine rings is 1. The van der Waals surface area contributed by atoms with Crippen molar-refractivity contribution in [1.82, 2.24) is 4.98 Å². The van der Waals surface area contributed by atoms with Crippen LogP contribution in [0.5, 0.6) is 5.88 Å². The highest BCUT2D eigenvalue weighted by atomic mass is 19.1. The van der Waals surface area contributed by atoms with Crippen LogP contribution in [0.4, 0.5) is 4.39 Å². The van der Waals surface area contributed by atoms with Crippen molar-refractivity contribution < 1.29 is 19.0 Å². The molecule has 5 heteroatoms. The largest absolute Gasteiger partial charge is 0.478 e. The molecule has 0 amide bonds. The third kappa shape index (κ3) is 3.72. The van der Waals surface area contributed by atoms with Crippen molar-refractivity contribution in [1.29, 1.82) is 0 Å². The molecule has 0 spiro atoms. The van der Waals surface area contributed by atoms with Crippen LogP contribution in [0.15, 0.2) is 35.7 Å². The molecule has 1 aliphatic carbocycles. The molecule has 2 rings (SSSR count). The molecule has 1 heterocycles. The van der Waals surface area contributed by atoms with Gasteiger partial charge in [-0.25, -0.2) is 14.2 Å². The van der Waals surface area contributed by atoms with Gasteiger partial charge in [-0.15, -0.1) is 0 Å². The van der Waals surface area contributed by atoms with Gasteiger partial charge in [0.2, 0.25) is 0 Å². The number of allylic oxidation sites excluding steroid dienone is 4. The lowest BCUT2D eigenvalue weighted by atomic mass is 9.88. The lowest BCUT2D eigenvalue weighted by Crippen LogP contribution is -2.08. The number of rotatable bonds is 6. The summed E-state index contributed by atoms with van der Waals surface area (Å²) in [5, 5.41) is 8.78. The number of hydrogen-bond acceptors (Lipinski definition) is 3. The smallest absolute Gasteiger partial charge is 0.337 e. The zero-order valence-electron chi connectivity index (χ0n) is 12.8. The first-order valence-corrected chi connectivity index (χ1v) is 7.51. The van der Waals surface area contributed by atoms with Crippen LogP contribution in [0.3, 0.4) is 0 Å². The molecular formula is C17H20FNO3. The van der Waals surface area contributed by atoms with E-state index in [4.69, 9.17) is 9.84 Å². The third-order valence-corrected chi connectivity index (χ3v) is 3.94. The van der Waals surface area contributed by atoms with Crippen LogP contribution in [0, 0.1) is 11.7 Å². The van der Waals surface area contributed by atoms with Crippen molar-refractivity contribution in [2.45, 2.75) is 39.5 Å². The minimum absolute atomic E-state index is 0.185. The summed E-state index contributed by atoms with van der Waals surface area (Å²) in [6.07, 6.45) is 8.80. The van der Waals surface area contributed by atoms with Gasteiger partial charge in [-0.05, 0) is 37.3 Å². The van der Waals surface area contributed by atoms with Gasteiger partial charge in [-0.2, -0.15) is 0 Å². The molecule has 0 bridgehead atoms. The van der Waals surface area contributed by atoms with E-state index < -0.39 is 11.8 Å². The minimum Gasteiger partial charge on any atom is -0.478 e. The van der Waals surface area contributed by atoms with Gasteiger partial charge in [0.05, 0.1) is 5.56 Å². The SMILES string of the molecule is CCC(CC)C1=CC=C(Oc2ncc(C(=O)O)cc2F)CC1. The second-order valence-corrected chi connectivity index (χ2v) is 5.31. The Kier molecular flexibility index (Phi) is 5.31. The number of carboxylic acids is 1. The highest BCUT2D eigenvalue weighted by Gasteiger charge is 2.17. The summed E-state index contributed by atoms with van der Waals surface area (Å²) in [6, 6.07) is 0.916. The highest BCUT2D eigenvalue weighted by molar-refractivity contribution is 5.87. The Morgan fingerprint density at radius 3 is 2.59 bits per heavy atom. The van der Waals surface area contributed by atoms with E-state index in [2.05, 4.69) is 18.8 Å². The first-order chi connectivity index (χ1) is 10.5. The fourth-order valence-corrected chi connectivity index (χ4v) is 2.61. The number of carbonyl (C=O) groups is 1. The number of ether oxygens (including phenoxy) is 1. The van der Waals surface area contributed by atoms with Gasteiger partial charge < -0.3 is 9.84 Å². The van der Waals surface area contributed by atoms with Crippen molar-refractivity contribution in [2.24, 2.45) is 5.92 Å². The fraction of sp³-hybridized carbons (Fsp3) is 0.412. The maximum atomic E-state index is 13.8. The van der Waals surface area contributed by atoms with Crippen molar-refractivity contribution in [3.05, 3.63) is 47.1 Å². The number of aromatic carboxylic acids is 1. The summed E-state index contributed by atoms with van der Waals surface area (Å²) in [6.45, 7) is 4.35. The number of carboxylic acid groups (broad SMARTS) is 1. The Morgan fingerprint density at radius 2 is 2.09 bits per heavy atom. The molecule has 22 heavy (non-hydrogen) atoms. The predicted octanol–water partition coefficient (Wildman–Crippen LogP) is 4.34. The van der Waals surface area contributed by atoms with Gasteiger partial charge in [-0.1, -0.05) is 25.5 Å². The van der Waals surface area contributed by atoms with Crippen LogP contribution in [0.1, 0.15) is 49.9 Å². The van der Waals surface area contributed by atoms with Gasteiger partial charge >= 0.3 is 5.97 Å². The van der Waals surface area contributed by atoms with E-state index in [0.29, 0.717) is 18.1 Å². The van der Waals surface area contributed by atoms with E-state index in [1.54, 1.807) is 0 Å². The number of nitrogens with zero attached hydrogens (tertiary/aromatic N) is 1. The molecule has 0 saturated heterocycles. The maximum Gasteiger partial charge on any atom is 0.337 e. The molecule has 1 aromatic rings. The van der Waals surface area contributed by atoms with Gasteiger partial charge in [0.1, 0.15) is 5.76 Å². The van der Waals surface area contributed by atoms with E-state index in [-0.39, 0.29) is 11.4 Å². The minimum atomic E-state index is -1.22. The lowest BCUT2D eigenvalue weighted by molar-refractivity contribution is 0.0695. The van der Waals surface area contributed by atoms with Crippen molar-refractivity contribution in [2.75, 3.05) is 0 Å². The van der Waals surface area contributed by atoms with E-state index in [1.165, 1.54) is 5.57 Å². The second-order valence-electron chi connectivity index (χ2n) is 5.31. The Morgan fingerprint density at radius 1 is 1.36 bits per heavy atom. The molecule has 0 radical (unpaired) electrons. The third-order valence-electron chi connectivity index (χ3n) is 3.94. The van der Waals surface area contributed by atoms with Crippen LogP contribution >= 0.6 is 0 Å². The molecule has 118 valence electrons. The Bertz CT molecular complexity index is 618. The summed E-state index contributed by atoms with van der Waals surface area (Å²) in [4.78, 5) is 14.5. The maximum absolute atomic E-state index is 13.8. The van der Waals surface area contributed by atoms with Crippen molar-refractivity contribution in [3.8, 4) is 5.88 Å². The molecule has 4 nitrogen and oxygen atoms in total. The molecule has 0 atom stereocenters. The summed E-state index contributed by atoms with van der Waals surface area (Å²) in [5.41, 5.74) is 1.20. The van der Waals surface area contributed by atoms with E-state index in [0.717, 1.165) is 31.5 Å². The highest BCUT2D eigenvalue weighted by Crippen LogP contribution is 2.29. The predicted molar refractivity (Wildman–Crippen MR) is 81.3 cm³/mol. The molecule has 0 fully saturated rings. The van der Waals surface area contributed by atoms with Gasteiger partial charge in [0, 0.05) is 12.6 Å². The monoisotopic (exact) mass is 305 g/mol. The average molecular weight is 305 g/mol. The summed E-state index contributed by atoms with van der Waals surface area (Å²) < 4.78 is 19.2. The number of halogens is 1. The normalized spacial score (nSPS) is 14.5. The van der Waals surface area contributed by atoms with Crippen LogP contribution in [-0.4, -0.2) is 16.1 Å². The summed E-state index contributed by atoms with van der Waals surface area (Å²) in [5.74, 6) is -0.939. The second kappa shape index (κ2) is 7.20. The first-order valence-electron chi connectivity index (χ1n) is 7.51. The van der Waals surface area contributed by atoms with Gasteiger partial charge in [0.15, 0.2) is 5.82 Å². The average Bonchev–Trinajstić information content (AvgIpc) is 2.52. The molecule has 1 aliphatic rings. The van der Waals surface area contributed by atoms with E-state index in [1.807, 2.05) is 12.2 Å². The number of hydrogen-bond donors (Lipinski definition) is 1. The topological polar surface area (TPSA) is 59.4 Å². The molecule has 0 aliphatic heterocycles. The zero-order valence-corrected chi connectivity index (χ0v) is 12.8. The quantitative estimate of drug-likeness (QED) is 0.849. The van der Waals surface area contributed by atoms with Crippen LogP contribution in [0.2, 0.25) is 0 Å². The first kappa shape index (κ1) is 16.2. The Labute approximate surface area is 129 Å². The fourth-order valence-electron chi connectivity index (χ4n) is 2.61. The summed E-state index contributed by atoms with van der Waals surface area (Å²) in [7, 11) is 0. The van der Waals surface area contributed by atoms with Gasteiger partial charge in [0.25, 0.3) is 5.88 Å².